The predicted octanol–water partition coefficient (Wildman–Crippen LogP) is 3.85. The van der Waals surface area contributed by atoms with E-state index in [1.165, 1.54) is 19.2 Å². The van der Waals surface area contributed by atoms with Crippen LogP contribution in [0.3, 0.4) is 0 Å². The summed E-state index contributed by atoms with van der Waals surface area (Å²) in [4.78, 5) is 12.0. The second-order valence-electron chi connectivity index (χ2n) is 4.97. The lowest BCUT2D eigenvalue weighted by Crippen LogP contribution is -2.07. The van der Waals surface area contributed by atoms with Gasteiger partial charge in [-0.2, -0.15) is 0 Å². The zero-order chi connectivity index (χ0) is 16.9. The Morgan fingerprint density at radius 2 is 1.96 bits per heavy atom. The van der Waals surface area contributed by atoms with E-state index in [1.807, 2.05) is 30.3 Å². The van der Waals surface area contributed by atoms with Crippen LogP contribution in [0.5, 0.6) is 5.75 Å². The minimum atomic E-state index is -0.778. The van der Waals surface area contributed by atoms with Crippen LogP contribution >= 0.6 is 0 Å². The molecule has 1 aromatic heterocycles. The molecule has 0 spiro atoms. The molecule has 122 valence electrons. The van der Waals surface area contributed by atoms with Crippen molar-refractivity contribution in [3.8, 4) is 17.1 Å². The summed E-state index contributed by atoms with van der Waals surface area (Å²) in [6, 6.07) is 15.0. The average Bonchev–Trinajstić information content (AvgIpc) is 3.09. The maximum absolute atomic E-state index is 13.8. The molecule has 2 aromatic carbocycles. The molecule has 0 aliphatic carbocycles. The van der Waals surface area contributed by atoms with Gasteiger partial charge in [0.1, 0.15) is 23.9 Å². The van der Waals surface area contributed by atoms with E-state index in [0.717, 1.165) is 11.6 Å². The average molecular weight is 327 g/mol. The van der Waals surface area contributed by atoms with Gasteiger partial charge in [-0.25, -0.2) is 9.18 Å². The van der Waals surface area contributed by atoms with E-state index in [0.29, 0.717) is 17.2 Å². The highest BCUT2D eigenvalue weighted by Gasteiger charge is 2.15. The Morgan fingerprint density at radius 1 is 1.17 bits per heavy atom. The van der Waals surface area contributed by atoms with Gasteiger partial charge in [-0.1, -0.05) is 35.5 Å². The minimum Gasteiger partial charge on any atom is -0.497 e. The Morgan fingerprint density at radius 3 is 2.67 bits per heavy atom. The molecule has 0 amide bonds. The van der Waals surface area contributed by atoms with Crippen molar-refractivity contribution < 1.29 is 23.2 Å². The fourth-order valence-corrected chi connectivity index (χ4v) is 2.12. The van der Waals surface area contributed by atoms with Crippen molar-refractivity contribution in [3.63, 3.8) is 0 Å². The van der Waals surface area contributed by atoms with Gasteiger partial charge >= 0.3 is 5.97 Å². The third kappa shape index (κ3) is 3.43. The molecule has 24 heavy (non-hydrogen) atoms. The molecule has 6 heteroatoms. The summed E-state index contributed by atoms with van der Waals surface area (Å²) in [7, 11) is 1.42. The fraction of sp³-hybridized carbons (Fsp3) is 0.111. The number of hydrogen-bond acceptors (Lipinski definition) is 5. The van der Waals surface area contributed by atoms with E-state index >= 15 is 0 Å². The Bertz CT molecular complexity index is 845. The summed E-state index contributed by atoms with van der Waals surface area (Å²) < 4.78 is 29.0. The summed E-state index contributed by atoms with van der Waals surface area (Å²) in [5.41, 5.74) is 1.14. The van der Waals surface area contributed by atoms with Crippen molar-refractivity contribution in [3.05, 3.63) is 71.7 Å². The van der Waals surface area contributed by atoms with Crippen LogP contribution < -0.4 is 4.74 Å². The Balaban J connectivity index is 1.66. The van der Waals surface area contributed by atoms with Gasteiger partial charge < -0.3 is 14.0 Å². The number of methoxy groups -OCH3 is 1. The third-order valence-corrected chi connectivity index (χ3v) is 3.36. The van der Waals surface area contributed by atoms with Gasteiger partial charge in [0, 0.05) is 17.7 Å². The number of hydrogen-bond donors (Lipinski definition) is 0. The van der Waals surface area contributed by atoms with Crippen molar-refractivity contribution >= 4 is 5.97 Å². The van der Waals surface area contributed by atoms with E-state index in [2.05, 4.69) is 5.16 Å². The quantitative estimate of drug-likeness (QED) is 0.666. The molecule has 0 aliphatic rings. The minimum absolute atomic E-state index is 0.110. The first-order chi connectivity index (χ1) is 11.7. The van der Waals surface area contributed by atoms with Gasteiger partial charge in [0.25, 0.3) is 0 Å². The molecule has 0 fully saturated rings. The molecule has 0 unspecified atom stereocenters. The molecule has 3 rings (SSSR count). The number of aromatic nitrogens is 1. The number of esters is 1. The first kappa shape index (κ1) is 15.7. The molecule has 1 heterocycles. The molecule has 0 aliphatic heterocycles. The second-order valence-corrected chi connectivity index (χ2v) is 4.97. The highest BCUT2D eigenvalue weighted by molar-refractivity contribution is 5.89. The van der Waals surface area contributed by atoms with Crippen LogP contribution in [-0.2, 0) is 11.3 Å². The molecule has 0 N–H and O–H groups in total. The van der Waals surface area contributed by atoms with Crippen LogP contribution in [0.25, 0.3) is 11.3 Å². The lowest BCUT2D eigenvalue weighted by Gasteiger charge is -2.05. The first-order valence-electron chi connectivity index (χ1n) is 7.19. The normalized spacial score (nSPS) is 10.4. The van der Waals surface area contributed by atoms with Crippen LogP contribution in [0.4, 0.5) is 4.39 Å². The topological polar surface area (TPSA) is 61.6 Å². The number of benzene rings is 2. The molecular formula is C18H14FNO4. The fourth-order valence-electron chi connectivity index (χ4n) is 2.12. The van der Waals surface area contributed by atoms with E-state index in [-0.39, 0.29) is 12.2 Å². The maximum Gasteiger partial charge on any atom is 0.341 e. The van der Waals surface area contributed by atoms with Gasteiger partial charge in [0.05, 0.1) is 12.7 Å². The number of carbonyl (C=O) groups excluding carboxylic acids is 1. The number of nitrogens with zero attached hydrogens (tertiary/aromatic N) is 1. The Hall–Kier alpha value is -3.15. The Kier molecular flexibility index (Phi) is 4.56. The van der Waals surface area contributed by atoms with E-state index in [1.54, 1.807) is 6.07 Å². The molecule has 5 nitrogen and oxygen atoms in total. The summed E-state index contributed by atoms with van der Waals surface area (Å²) in [5.74, 6) is -0.589. The highest BCUT2D eigenvalue weighted by atomic mass is 19.1. The summed E-state index contributed by atoms with van der Waals surface area (Å²) >= 11 is 0. The lowest BCUT2D eigenvalue weighted by molar-refractivity contribution is 0.0459. The standard InChI is InChI=1S/C18H14FNO4/c1-22-14-7-8-15(16(19)10-14)18(21)23-11-13-9-17(24-20-13)12-5-3-2-4-6-12/h2-10H,11H2,1H3. The smallest absolute Gasteiger partial charge is 0.341 e. The van der Waals surface area contributed by atoms with Crippen molar-refractivity contribution in [1.29, 1.82) is 0 Å². The van der Waals surface area contributed by atoms with Crippen LogP contribution in [-0.4, -0.2) is 18.2 Å². The van der Waals surface area contributed by atoms with Gasteiger partial charge in [-0.3, -0.25) is 0 Å². The number of ether oxygens (including phenoxy) is 2. The second kappa shape index (κ2) is 6.95. The Labute approximate surface area is 137 Å². The number of halogens is 1. The largest absolute Gasteiger partial charge is 0.497 e. The zero-order valence-electron chi connectivity index (χ0n) is 12.9. The SMILES string of the molecule is COc1ccc(C(=O)OCc2cc(-c3ccccc3)on2)c(F)c1. The lowest BCUT2D eigenvalue weighted by atomic mass is 10.2. The van der Waals surface area contributed by atoms with Gasteiger partial charge in [0.15, 0.2) is 5.76 Å². The molecule has 3 aromatic rings. The third-order valence-electron chi connectivity index (χ3n) is 3.36. The summed E-state index contributed by atoms with van der Waals surface area (Å²) in [5, 5.41) is 3.84. The molecule has 0 saturated heterocycles. The van der Waals surface area contributed by atoms with Crippen molar-refractivity contribution in [2.75, 3.05) is 7.11 Å². The van der Waals surface area contributed by atoms with E-state index < -0.39 is 11.8 Å². The number of rotatable bonds is 5. The van der Waals surface area contributed by atoms with Crippen molar-refractivity contribution in [2.45, 2.75) is 6.61 Å². The first-order valence-corrected chi connectivity index (χ1v) is 7.19. The van der Waals surface area contributed by atoms with Crippen LogP contribution in [0, 0.1) is 5.82 Å². The molecule has 0 bridgehead atoms. The van der Waals surface area contributed by atoms with E-state index in [9.17, 15) is 9.18 Å². The summed E-state index contributed by atoms with van der Waals surface area (Å²) in [6.45, 7) is -0.110. The molecular weight excluding hydrogens is 313 g/mol. The van der Waals surface area contributed by atoms with Gasteiger partial charge in [-0.15, -0.1) is 0 Å². The predicted molar refractivity (Wildman–Crippen MR) is 84.0 cm³/mol. The van der Waals surface area contributed by atoms with E-state index in [4.69, 9.17) is 14.0 Å². The zero-order valence-corrected chi connectivity index (χ0v) is 12.9. The highest BCUT2D eigenvalue weighted by Crippen LogP contribution is 2.21. The molecule has 0 atom stereocenters. The maximum atomic E-state index is 13.8. The summed E-state index contributed by atoms with van der Waals surface area (Å²) in [6.07, 6.45) is 0. The van der Waals surface area contributed by atoms with Crippen LogP contribution in [0.1, 0.15) is 16.1 Å². The van der Waals surface area contributed by atoms with Gasteiger partial charge in [0.2, 0.25) is 0 Å². The van der Waals surface area contributed by atoms with Crippen LogP contribution in [0.2, 0.25) is 0 Å². The van der Waals surface area contributed by atoms with Crippen molar-refractivity contribution in [1.82, 2.24) is 5.16 Å². The van der Waals surface area contributed by atoms with Gasteiger partial charge in [-0.05, 0) is 12.1 Å². The molecule has 0 saturated carbocycles. The monoisotopic (exact) mass is 327 g/mol. The molecule has 0 radical (unpaired) electrons. The van der Waals surface area contributed by atoms with Crippen molar-refractivity contribution in [2.24, 2.45) is 0 Å². The van der Waals surface area contributed by atoms with Crippen LogP contribution in [0.15, 0.2) is 59.1 Å². The number of carbonyl (C=O) groups is 1.